The number of nitrogens with zero attached hydrogens (tertiary/aromatic N) is 5. The first kappa shape index (κ1) is 22.7. The minimum absolute atomic E-state index is 0.136. The van der Waals surface area contributed by atoms with Gasteiger partial charge in [-0.3, -0.25) is 9.48 Å². The molecule has 3 aromatic heterocycles. The number of anilines is 2. The summed E-state index contributed by atoms with van der Waals surface area (Å²) in [5.41, 5.74) is 5.30. The Kier molecular flexibility index (Phi) is 6.51. The van der Waals surface area contributed by atoms with E-state index in [0.29, 0.717) is 29.0 Å². The van der Waals surface area contributed by atoms with Crippen LogP contribution in [-0.2, 0) is 11.3 Å². The lowest BCUT2D eigenvalue weighted by Gasteiger charge is -2.17. The van der Waals surface area contributed by atoms with Gasteiger partial charge >= 0.3 is 0 Å². The number of aromatic nitrogens is 5. The summed E-state index contributed by atoms with van der Waals surface area (Å²) >= 11 is 1.56. The fraction of sp³-hybridized carbons (Fsp3) is 0.208. The molecule has 178 valence electrons. The number of thiazole rings is 1. The van der Waals surface area contributed by atoms with E-state index in [1.807, 2.05) is 52.1 Å². The summed E-state index contributed by atoms with van der Waals surface area (Å²) in [7, 11) is 0. The molecule has 1 amide bonds. The van der Waals surface area contributed by atoms with Crippen molar-refractivity contribution in [2.45, 2.75) is 19.6 Å². The number of carbonyl (C=O) groups excluding carboxylic acids is 1. The molecule has 1 atom stereocenters. The highest BCUT2D eigenvalue weighted by Crippen LogP contribution is 2.32. The van der Waals surface area contributed by atoms with E-state index in [1.54, 1.807) is 24.3 Å². The van der Waals surface area contributed by atoms with Gasteiger partial charge in [-0.1, -0.05) is 6.07 Å². The van der Waals surface area contributed by atoms with E-state index in [0.717, 1.165) is 22.3 Å². The van der Waals surface area contributed by atoms with E-state index in [9.17, 15) is 4.79 Å². The fourth-order valence-electron chi connectivity index (χ4n) is 3.73. The molecule has 35 heavy (non-hydrogen) atoms. The highest BCUT2D eigenvalue weighted by atomic mass is 32.1. The molecule has 3 heterocycles. The van der Waals surface area contributed by atoms with Crippen LogP contribution in [0, 0.1) is 0 Å². The zero-order valence-corrected chi connectivity index (χ0v) is 19.7. The predicted octanol–water partition coefficient (Wildman–Crippen LogP) is 3.10. The molecule has 0 aliphatic rings. The Labute approximate surface area is 204 Å². The van der Waals surface area contributed by atoms with Crippen LogP contribution in [0.1, 0.15) is 12.6 Å². The van der Waals surface area contributed by atoms with Crippen molar-refractivity contribution in [3.63, 3.8) is 0 Å². The number of fused-ring (bicyclic) bond motifs is 2. The number of benzene rings is 2. The van der Waals surface area contributed by atoms with Gasteiger partial charge in [0.15, 0.2) is 6.10 Å². The molecule has 0 radical (unpaired) electrons. The molecule has 0 fully saturated rings. The van der Waals surface area contributed by atoms with E-state index in [4.69, 9.17) is 9.84 Å². The van der Waals surface area contributed by atoms with Crippen LogP contribution in [0.15, 0.2) is 59.8 Å². The third kappa shape index (κ3) is 4.91. The number of rotatable bonds is 9. The van der Waals surface area contributed by atoms with Crippen molar-refractivity contribution in [2.24, 2.45) is 0 Å². The van der Waals surface area contributed by atoms with Crippen LogP contribution in [0.25, 0.3) is 21.8 Å². The lowest BCUT2D eigenvalue weighted by Crippen LogP contribution is -2.37. The lowest BCUT2D eigenvalue weighted by atomic mass is 10.2. The number of aliphatic hydroxyl groups excluding tert-OH is 1. The number of nitrogens with one attached hydrogen (secondary N) is 2. The quantitative estimate of drug-likeness (QED) is 0.288. The van der Waals surface area contributed by atoms with Gasteiger partial charge in [0.2, 0.25) is 0 Å². The highest BCUT2D eigenvalue weighted by molar-refractivity contribution is 7.07. The summed E-state index contributed by atoms with van der Waals surface area (Å²) in [4.78, 5) is 25.4. The summed E-state index contributed by atoms with van der Waals surface area (Å²) in [5, 5.41) is 23.1. The Balaban J connectivity index is 1.42. The molecule has 0 bridgehead atoms. The first-order chi connectivity index (χ1) is 17.1. The third-order valence-electron chi connectivity index (χ3n) is 5.41. The van der Waals surface area contributed by atoms with Crippen molar-refractivity contribution in [2.75, 3.05) is 18.5 Å². The predicted molar refractivity (Wildman–Crippen MR) is 134 cm³/mol. The average Bonchev–Trinajstić information content (AvgIpc) is 3.53. The molecule has 11 heteroatoms. The minimum Gasteiger partial charge on any atom is -0.480 e. The summed E-state index contributed by atoms with van der Waals surface area (Å²) in [6.45, 7) is 2.30. The molecule has 1 unspecified atom stereocenters. The molecule has 5 rings (SSSR count). The number of carbonyl (C=O) groups is 1. The van der Waals surface area contributed by atoms with Crippen LogP contribution in [0.4, 0.5) is 11.5 Å². The lowest BCUT2D eigenvalue weighted by molar-refractivity contribution is -0.127. The monoisotopic (exact) mass is 489 g/mol. The molecule has 0 spiro atoms. The standard InChI is InChI=1S/C24H23N7O3S/c1-15(24(33)25-7-8-32)34-21-4-2-3-19-22(21)23(27-13-26-19)30-17-5-6-20-16(9-17)10-29-31(20)11-18-12-35-14-28-18/h2-6,9-10,12-15,32H,7-8,11H2,1H3,(H,25,33)(H,26,27,30). The van der Waals surface area contributed by atoms with E-state index < -0.39 is 6.10 Å². The Morgan fingerprint density at radius 3 is 2.97 bits per heavy atom. The second kappa shape index (κ2) is 10.0. The van der Waals surface area contributed by atoms with Crippen molar-refractivity contribution < 1.29 is 14.6 Å². The molecule has 0 saturated heterocycles. The van der Waals surface area contributed by atoms with Crippen molar-refractivity contribution in [3.8, 4) is 5.75 Å². The molecule has 0 aliphatic heterocycles. The van der Waals surface area contributed by atoms with Crippen LogP contribution in [-0.4, -0.2) is 55.0 Å². The van der Waals surface area contributed by atoms with Crippen LogP contribution >= 0.6 is 11.3 Å². The van der Waals surface area contributed by atoms with Crippen LogP contribution in [0.2, 0.25) is 0 Å². The minimum atomic E-state index is -0.764. The second-order valence-corrected chi connectivity index (χ2v) is 8.55. The SMILES string of the molecule is CC(Oc1cccc2ncnc(Nc3ccc4c(cnn4Cc4cscn4)c3)c12)C(=O)NCCO. The zero-order valence-electron chi connectivity index (χ0n) is 18.9. The van der Waals surface area contributed by atoms with Gasteiger partial charge in [0.25, 0.3) is 5.91 Å². The number of hydrogen-bond acceptors (Lipinski definition) is 9. The Morgan fingerprint density at radius 2 is 2.14 bits per heavy atom. The van der Waals surface area contributed by atoms with Crippen LogP contribution in [0.3, 0.4) is 0 Å². The summed E-state index contributed by atoms with van der Waals surface area (Å²) in [5.74, 6) is 0.722. The molecular weight excluding hydrogens is 466 g/mol. The topological polar surface area (TPSA) is 127 Å². The largest absolute Gasteiger partial charge is 0.480 e. The first-order valence-corrected chi connectivity index (χ1v) is 12.0. The zero-order chi connectivity index (χ0) is 24.2. The Hall–Kier alpha value is -4.09. The fourth-order valence-corrected chi connectivity index (χ4v) is 4.28. The van der Waals surface area contributed by atoms with E-state index in [-0.39, 0.29) is 19.1 Å². The van der Waals surface area contributed by atoms with E-state index >= 15 is 0 Å². The van der Waals surface area contributed by atoms with Gasteiger partial charge in [-0.25, -0.2) is 15.0 Å². The number of ether oxygens (including phenoxy) is 1. The van der Waals surface area contributed by atoms with Crippen molar-refractivity contribution >= 4 is 50.6 Å². The maximum Gasteiger partial charge on any atom is 0.260 e. The van der Waals surface area contributed by atoms with E-state index in [2.05, 4.69) is 30.7 Å². The molecule has 10 nitrogen and oxygen atoms in total. The summed E-state index contributed by atoms with van der Waals surface area (Å²) < 4.78 is 7.88. The van der Waals surface area contributed by atoms with Crippen molar-refractivity contribution in [1.29, 1.82) is 0 Å². The molecule has 0 saturated carbocycles. The van der Waals surface area contributed by atoms with Gasteiger partial charge in [-0.15, -0.1) is 11.3 Å². The number of aliphatic hydroxyl groups is 1. The molecule has 5 aromatic rings. The number of amides is 1. The smallest absolute Gasteiger partial charge is 0.260 e. The summed E-state index contributed by atoms with van der Waals surface area (Å²) in [6, 6.07) is 11.4. The van der Waals surface area contributed by atoms with Crippen molar-refractivity contribution in [1.82, 2.24) is 30.0 Å². The highest BCUT2D eigenvalue weighted by Gasteiger charge is 2.18. The van der Waals surface area contributed by atoms with Gasteiger partial charge < -0.3 is 20.5 Å². The van der Waals surface area contributed by atoms with Gasteiger partial charge in [-0.05, 0) is 37.3 Å². The van der Waals surface area contributed by atoms with Gasteiger partial charge in [0.05, 0.1) is 47.0 Å². The van der Waals surface area contributed by atoms with E-state index in [1.165, 1.54) is 6.33 Å². The van der Waals surface area contributed by atoms with Gasteiger partial charge in [0.1, 0.15) is 17.9 Å². The first-order valence-electron chi connectivity index (χ1n) is 11.0. The molecular formula is C24H23N7O3S. The average molecular weight is 490 g/mol. The normalized spacial score (nSPS) is 12.1. The summed E-state index contributed by atoms with van der Waals surface area (Å²) in [6.07, 6.45) is 2.54. The molecule has 3 N–H and O–H groups in total. The second-order valence-electron chi connectivity index (χ2n) is 7.83. The van der Waals surface area contributed by atoms with Crippen LogP contribution in [0.5, 0.6) is 5.75 Å². The molecule has 0 aliphatic carbocycles. The van der Waals surface area contributed by atoms with Gasteiger partial charge in [-0.2, -0.15) is 5.10 Å². The van der Waals surface area contributed by atoms with Gasteiger partial charge in [0, 0.05) is 23.0 Å². The molecule has 2 aromatic carbocycles. The Morgan fingerprint density at radius 1 is 1.23 bits per heavy atom. The Bertz CT molecular complexity index is 1460. The number of hydrogen-bond donors (Lipinski definition) is 3. The maximum atomic E-state index is 12.2. The van der Waals surface area contributed by atoms with Crippen molar-refractivity contribution in [3.05, 3.63) is 65.5 Å². The van der Waals surface area contributed by atoms with Crippen LogP contribution < -0.4 is 15.4 Å². The third-order valence-corrected chi connectivity index (χ3v) is 6.04. The maximum absolute atomic E-state index is 12.2.